The van der Waals surface area contributed by atoms with Gasteiger partial charge in [0.15, 0.2) is 17.2 Å². The summed E-state index contributed by atoms with van der Waals surface area (Å²) < 4.78 is 49.9. The molecule has 5 aromatic rings. The number of amides is 4. The van der Waals surface area contributed by atoms with Gasteiger partial charge in [0.05, 0.1) is 21.7 Å². The monoisotopic (exact) mass is 1100 g/mol. The summed E-state index contributed by atoms with van der Waals surface area (Å²) in [6.45, 7) is 17.4. The molecular formula is C54H67ClN8O11S2. The number of nitrogens with one attached hydrogen (secondary N) is 3. The number of aromatic nitrogens is 2. The van der Waals surface area contributed by atoms with Gasteiger partial charge in [-0.25, -0.2) is 27.6 Å². The molecule has 5 heterocycles. The number of nitrogens with zero attached hydrogens (tertiary/aromatic N) is 5. The van der Waals surface area contributed by atoms with E-state index in [2.05, 4.69) is 20.9 Å². The average Bonchev–Trinajstić information content (AvgIpc) is 3.81. The first-order chi connectivity index (χ1) is 35.6. The fourth-order valence-electron chi connectivity index (χ4n) is 10.2. The molecule has 3 fully saturated rings. The van der Waals surface area contributed by atoms with Crippen molar-refractivity contribution in [2.45, 2.75) is 129 Å². The van der Waals surface area contributed by atoms with Crippen molar-refractivity contribution in [3.05, 3.63) is 92.7 Å². The van der Waals surface area contributed by atoms with E-state index in [9.17, 15) is 37.2 Å². The van der Waals surface area contributed by atoms with Crippen LogP contribution in [0.15, 0.2) is 71.5 Å². The first kappa shape index (κ1) is 55.8. The number of esters is 2. The van der Waals surface area contributed by atoms with Gasteiger partial charge in [0.25, 0.3) is 0 Å². The summed E-state index contributed by atoms with van der Waals surface area (Å²) in [4.78, 5) is 82.1. The average molecular weight is 1100 g/mol. The number of piperidine rings is 2. The van der Waals surface area contributed by atoms with Crippen molar-refractivity contribution in [2.24, 2.45) is 7.05 Å². The van der Waals surface area contributed by atoms with Gasteiger partial charge in [0.1, 0.15) is 22.3 Å². The van der Waals surface area contributed by atoms with Crippen LogP contribution >= 0.6 is 22.9 Å². The van der Waals surface area contributed by atoms with Gasteiger partial charge >= 0.3 is 23.7 Å². The van der Waals surface area contributed by atoms with E-state index in [4.69, 9.17) is 25.8 Å². The molecule has 3 saturated heterocycles. The number of aryl methyl sites for hydroxylation is 1. The Kier molecular flexibility index (Phi) is 15.8. The van der Waals surface area contributed by atoms with Crippen LogP contribution in [-0.4, -0.2) is 118 Å². The summed E-state index contributed by atoms with van der Waals surface area (Å²) in [6, 6.07) is 18.7. The van der Waals surface area contributed by atoms with Gasteiger partial charge in [0, 0.05) is 74.3 Å². The van der Waals surface area contributed by atoms with Gasteiger partial charge in [-0.3, -0.25) is 24.0 Å². The van der Waals surface area contributed by atoms with Crippen molar-refractivity contribution in [2.75, 3.05) is 48.3 Å². The zero-order valence-corrected chi connectivity index (χ0v) is 47.0. The van der Waals surface area contributed by atoms with E-state index >= 15 is 0 Å². The highest BCUT2D eigenvalue weighted by atomic mass is 35.5. The number of sulfonamides is 1. The smallest absolute Gasteiger partial charge is 0.352 e. The maximum Gasteiger partial charge on any atom is 0.352 e. The molecule has 0 saturated carbocycles. The summed E-state index contributed by atoms with van der Waals surface area (Å²) in [7, 11) is -2.17. The fourth-order valence-corrected chi connectivity index (χ4v) is 13.6. The first-order valence-corrected chi connectivity index (χ1v) is 28.1. The topological polar surface area (TPSA) is 220 Å². The van der Waals surface area contributed by atoms with Gasteiger partial charge < -0.3 is 34.6 Å². The number of ether oxygens (including phenoxy) is 3. The Morgan fingerprint density at radius 3 is 2.28 bits per heavy atom. The maximum atomic E-state index is 14.2. The molecule has 0 bridgehead atoms. The number of thiophene rings is 1. The van der Waals surface area contributed by atoms with Crippen molar-refractivity contribution in [1.82, 2.24) is 23.7 Å². The quantitative estimate of drug-likeness (QED) is 0.0747. The highest BCUT2D eigenvalue weighted by Gasteiger charge is 2.42. The standard InChI is InChI=1S/C54H67ClN8O11S2/c1-32-29-60(23-24-61(32)38-17-18-39-41(27-38)59(10)51(69)63(39)40-19-20-42(64)58-48(40)66)50(68)57-35-15-11-13-33(25-35)31-76(70,71)62-22-21-37(28-54(62,8)9)56-36-16-12-14-34(26-36)46-44(55)45(72-30-43(65)73-52(2,3)4)47(75-46)49(67)74-53(5,6)7/h11-18,25-27,32,37,40,56H,19-24,28-31H2,1-10H3,(H,57,68)(H,58,64,66)/t32-,37-,40?/m0/s1. The minimum atomic E-state index is -3.83. The number of halogens is 1. The van der Waals surface area contributed by atoms with E-state index in [0.717, 1.165) is 22.7 Å². The number of urea groups is 1. The van der Waals surface area contributed by atoms with Crippen LogP contribution in [0.2, 0.25) is 5.02 Å². The number of hydrogen-bond acceptors (Lipinski definition) is 14. The Bertz CT molecular complexity index is 3260. The predicted molar refractivity (Wildman–Crippen MR) is 294 cm³/mol. The highest BCUT2D eigenvalue weighted by molar-refractivity contribution is 7.88. The SMILES string of the molecule is C[C@H]1CN(C(=O)Nc2cccc(CS(=O)(=O)N3CC[C@H](Nc4cccc(-c5sc(C(=O)OC(C)(C)C)c(OCC(=O)OC(C)(C)C)c5Cl)c4)CC3(C)C)c2)CCN1c1ccc2c(c1)n(C)c(=O)n2C1CCC(=O)NC1=O. The number of rotatable bonds is 13. The molecule has 408 valence electrons. The largest absolute Gasteiger partial charge is 0.479 e. The molecule has 2 aromatic heterocycles. The molecule has 4 amide bonds. The van der Waals surface area contributed by atoms with Crippen LogP contribution in [0.25, 0.3) is 21.5 Å². The Labute approximate surface area is 451 Å². The first-order valence-electron chi connectivity index (χ1n) is 25.3. The number of imidazole rings is 1. The molecule has 3 aliphatic heterocycles. The molecule has 0 aliphatic carbocycles. The molecular weight excluding hydrogens is 1040 g/mol. The predicted octanol–water partition coefficient (Wildman–Crippen LogP) is 8.30. The molecule has 3 N–H and O–H groups in total. The number of anilines is 3. The molecule has 0 radical (unpaired) electrons. The number of fused-ring (bicyclic) bond motifs is 1. The van der Waals surface area contributed by atoms with Crippen molar-refractivity contribution >= 4 is 90.8 Å². The molecule has 19 nitrogen and oxygen atoms in total. The number of carbonyl (C=O) groups is 5. The van der Waals surface area contributed by atoms with Gasteiger partial charge in [-0.2, -0.15) is 4.31 Å². The fraction of sp³-hybridized carbons (Fsp3) is 0.481. The highest BCUT2D eigenvalue weighted by Crippen LogP contribution is 2.47. The molecule has 8 rings (SSSR count). The summed E-state index contributed by atoms with van der Waals surface area (Å²) >= 11 is 8.02. The minimum Gasteiger partial charge on any atom is -0.479 e. The summed E-state index contributed by atoms with van der Waals surface area (Å²) in [5, 5.41) is 9.05. The van der Waals surface area contributed by atoms with Crippen molar-refractivity contribution in [3.63, 3.8) is 0 Å². The number of piperazine rings is 1. The molecule has 3 aliphatic rings. The van der Waals surface area contributed by atoms with Crippen LogP contribution in [0.1, 0.15) is 109 Å². The van der Waals surface area contributed by atoms with Crippen LogP contribution in [0.3, 0.4) is 0 Å². The zero-order valence-electron chi connectivity index (χ0n) is 44.6. The van der Waals surface area contributed by atoms with Crippen molar-refractivity contribution in [3.8, 4) is 16.2 Å². The number of benzene rings is 3. The summed E-state index contributed by atoms with van der Waals surface area (Å²) in [5.41, 5.74) is 1.89. The molecule has 3 aromatic carbocycles. The lowest BCUT2D eigenvalue weighted by Gasteiger charge is -2.45. The van der Waals surface area contributed by atoms with E-state index in [0.29, 0.717) is 65.2 Å². The maximum absolute atomic E-state index is 14.2. The van der Waals surface area contributed by atoms with Crippen LogP contribution < -0.4 is 31.3 Å². The third kappa shape index (κ3) is 12.5. The van der Waals surface area contributed by atoms with Crippen molar-refractivity contribution in [1.29, 1.82) is 0 Å². The Morgan fingerprint density at radius 1 is 0.882 bits per heavy atom. The Morgan fingerprint density at radius 2 is 1.59 bits per heavy atom. The molecule has 0 spiro atoms. The lowest BCUT2D eigenvalue weighted by Crippen LogP contribution is -2.55. The van der Waals surface area contributed by atoms with E-state index in [1.807, 2.05) is 63.2 Å². The second-order valence-corrected chi connectivity index (χ2v) is 25.6. The van der Waals surface area contributed by atoms with E-state index in [1.54, 1.807) is 82.1 Å². The van der Waals surface area contributed by atoms with Crippen LogP contribution in [0.4, 0.5) is 21.9 Å². The van der Waals surface area contributed by atoms with Crippen molar-refractivity contribution < 1.29 is 46.6 Å². The lowest BCUT2D eigenvalue weighted by molar-refractivity contribution is -0.157. The molecule has 1 unspecified atom stereocenters. The van der Waals surface area contributed by atoms with Gasteiger partial charge in [-0.15, -0.1) is 11.3 Å². The van der Waals surface area contributed by atoms with Gasteiger partial charge in [-0.05, 0) is 135 Å². The third-order valence-corrected chi connectivity index (χ3v) is 17.2. The lowest BCUT2D eigenvalue weighted by atomic mass is 9.89. The summed E-state index contributed by atoms with van der Waals surface area (Å²) in [6.07, 6.45) is 1.41. The van der Waals surface area contributed by atoms with Crippen LogP contribution in [0, 0.1) is 0 Å². The normalized spacial score (nSPS) is 19.5. The number of hydrogen-bond donors (Lipinski definition) is 3. The van der Waals surface area contributed by atoms with E-state index < -0.39 is 57.3 Å². The second kappa shape index (κ2) is 21.5. The van der Waals surface area contributed by atoms with Crippen LogP contribution in [-0.2, 0) is 46.7 Å². The summed E-state index contributed by atoms with van der Waals surface area (Å²) in [5.74, 6) is -2.35. The minimum absolute atomic E-state index is 0.0279. The second-order valence-electron chi connectivity index (χ2n) is 22.3. The Balaban J connectivity index is 0.876. The third-order valence-electron chi connectivity index (χ3n) is 13.4. The molecule has 76 heavy (non-hydrogen) atoms. The van der Waals surface area contributed by atoms with E-state index in [1.165, 1.54) is 9.13 Å². The number of carbonyl (C=O) groups excluding carboxylic acids is 5. The Hall–Kier alpha value is -6.42. The van der Waals surface area contributed by atoms with E-state index in [-0.39, 0.29) is 70.5 Å². The molecule has 3 atom stereocenters. The van der Waals surface area contributed by atoms with Gasteiger partial charge in [-0.1, -0.05) is 35.9 Å². The number of imide groups is 1. The zero-order chi connectivity index (χ0) is 55.2. The molecule has 22 heteroatoms. The van der Waals surface area contributed by atoms with Crippen LogP contribution in [0.5, 0.6) is 5.75 Å². The van der Waals surface area contributed by atoms with Gasteiger partial charge in [0.2, 0.25) is 21.8 Å².